The molecule has 0 aliphatic heterocycles. The van der Waals surface area contributed by atoms with Crippen LogP contribution in [-0.2, 0) is 16.4 Å². The Labute approximate surface area is 146 Å². The van der Waals surface area contributed by atoms with Crippen LogP contribution in [0.2, 0.25) is 0 Å². The average molecular weight is 346 g/mol. The van der Waals surface area contributed by atoms with Crippen molar-refractivity contribution >= 4 is 10.0 Å². The highest BCUT2D eigenvalue weighted by Gasteiger charge is 2.22. The molecule has 0 amide bonds. The Morgan fingerprint density at radius 3 is 2.04 bits per heavy atom. The summed E-state index contributed by atoms with van der Waals surface area (Å²) in [6, 6.07) is 11.7. The van der Waals surface area contributed by atoms with Crippen LogP contribution >= 0.6 is 0 Å². The first kappa shape index (κ1) is 18.7. The number of sulfonamides is 1. The van der Waals surface area contributed by atoms with E-state index in [1.165, 1.54) is 5.56 Å². The molecule has 2 aromatic rings. The van der Waals surface area contributed by atoms with Gasteiger partial charge in [0.15, 0.2) is 0 Å². The fraction of sp³-hybridized carbons (Fsp3) is 0.400. The molecule has 1 N–H and O–H groups in total. The van der Waals surface area contributed by atoms with Crippen LogP contribution in [0.4, 0.5) is 0 Å². The van der Waals surface area contributed by atoms with Gasteiger partial charge in [0.05, 0.1) is 4.90 Å². The number of rotatable bonds is 6. The van der Waals surface area contributed by atoms with E-state index in [0.717, 1.165) is 35.1 Å². The number of hydrogen-bond acceptors (Lipinski definition) is 2. The van der Waals surface area contributed by atoms with Crippen molar-refractivity contribution in [2.24, 2.45) is 0 Å². The second-order valence-electron chi connectivity index (χ2n) is 6.56. The minimum Gasteiger partial charge on any atom is -0.207 e. The summed E-state index contributed by atoms with van der Waals surface area (Å²) >= 11 is 0. The molecule has 24 heavy (non-hydrogen) atoms. The van der Waals surface area contributed by atoms with Gasteiger partial charge in [0.1, 0.15) is 0 Å². The van der Waals surface area contributed by atoms with Crippen LogP contribution in [0.5, 0.6) is 0 Å². The molecule has 2 rings (SSSR count). The van der Waals surface area contributed by atoms with Crippen molar-refractivity contribution in [2.75, 3.05) is 0 Å². The van der Waals surface area contributed by atoms with Gasteiger partial charge in [-0.2, -0.15) is 0 Å². The molecule has 4 heteroatoms. The topological polar surface area (TPSA) is 46.2 Å². The van der Waals surface area contributed by atoms with Crippen molar-refractivity contribution in [3.8, 4) is 0 Å². The van der Waals surface area contributed by atoms with Crippen molar-refractivity contribution in [3.05, 3.63) is 64.2 Å². The lowest BCUT2D eigenvalue weighted by atomic mass is 10.0. The summed E-state index contributed by atoms with van der Waals surface area (Å²) in [5, 5.41) is 0. The second kappa shape index (κ2) is 7.49. The lowest BCUT2D eigenvalue weighted by Crippen LogP contribution is -2.28. The fourth-order valence-electron chi connectivity index (χ4n) is 3.21. The molecule has 0 bridgehead atoms. The molecule has 0 saturated heterocycles. The van der Waals surface area contributed by atoms with Gasteiger partial charge in [0.2, 0.25) is 10.0 Å². The average Bonchev–Trinajstić information content (AvgIpc) is 2.46. The molecule has 0 spiro atoms. The van der Waals surface area contributed by atoms with E-state index in [1.54, 1.807) is 0 Å². The zero-order valence-electron chi connectivity index (χ0n) is 15.2. The summed E-state index contributed by atoms with van der Waals surface area (Å²) < 4.78 is 28.5. The predicted molar refractivity (Wildman–Crippen MR) is 99.8 cm³/mol. The molecular formula is C20H27NO2S. The van der Waals surface area contributed by atoms with Crippen molar-refractivity contribution in [2.45, 2.75) is 58.4 Å². The highest BCUT2D eigenvalue weighted by atomic mass is 32.2. The smallest absolute Gasteiger partial charge is 0.207 e. The molecule has 1 atom stereocenters. The summed E-state index contributed by atoms with van der Waals surface area (Å²) in [4.78, 5) is 0.391. The number of nitrogens with one attached hydrogen (secondary N) is 1. The summed E-state index contributed by atoms with van der Waals surface area (Å²) in [6.45, 7) is 9.70. The molecular weight excluding hydrogens is 318 g/mol. The maximum atomic E-state index is 12.8. The highest BCUT2D eigenvalue weighted by molar-refractivity contribution is 7.89. The number of benzene rings is 2. The largest absolute Gasteiger partial charge is 0.241 e. The van der Waals surface area contributed by atoms with E-state index in [0.29, 0.717) is 4.90 Å². The van der Waals surface area contributed by atoms with E-state index in [1.807, 2.05) is 52.0 Å². The molecule has 2 aromatic carbocycles. The first-order valence-electron chi connectivity index (χ1n) is 8.43. The van der Waals surface area contributed by atoms with Gasteiger partial charge >= 0.3 is 0 Å². The van der Waals surface area contributed by atoms with Crippen LogP contribution in [0.15, 0.2) is 41.3 Å². The van der Waals surface area contributed by atoms with Crippen molar-refractivity contribution in [3.63, 3.8) is 0 Å². The lowest BCUT2D eigenvalue weighted by molar-refractivity contribution is 0.565. The molecule has 0 saturated carbocycles. The van der Waals surface area contributed by atoms with Crippen LogP contribution < -0.4 is 4.72 Å². The molecule has 0 radical (unpaired) electrons. The zero-order valence-corrected chi connectivity index (χ0v) is 16.0. The Bertz CT molecular complexity index is 785. The van der Waals surface area contributed by atoms with Gasteiger partial charge < -0.3 is 0 Å². The third-order valence-corrected chi connectivity index (χ3v) is 6.07. The summed E-state index contributed by atoms with van der Waals surface area (Å²) in [7, 11) is -3.56. The van der Waals surface area contributed by atoms with Crippen LogP contribution in [0.25, 0.3) is 0 Å². The van der Waals surface area contributed by atoms with Gasteiger partial charge in [-0.1, -0.05) is 55.3 Å². The van der Waals surface area contributed by atoms with Gasteiger partial charge in [-0.3, -0.25) is 0 Å². The van der Waals surface area contributed by atoms with Gasteiger partial charge in [-0.15, -0.1) is 0 Å². The molecule has 3 nitrogen and oxygen atoms in total. The Hall–Kier alpha value is -1.65. The van der Waals surface area contributed by atoms with Crippen LogP contribution in [0.1, 0.15) is 54.1 Å². The number of hydrogen-bond donors (Lipinski definition) is 1. The minimum absolute atomic E-state index is 0.272. The zero-order chi connectivity index (χ0) is 17.9. The summed E-state index contributed by atoms with van der Waals surface area (Å²) in [6.07, 6.45) is 2.15. The molecule has 0 fully saturated rings. The highest BCUT2D eigenvalue weighted by Crippen LogP contribution is 2.24. The lowest BCUT2D eigenvalue weighted by Gasteiger charge is -2.18. The fourth-order valence-corrected chi connectivity index (χ4v) is 4.90. The van der Waals surface area contributed by atoms with Crippen molar-refractivity contribution < 1.29 is 8.42 Å². The minimum atomic E-state index is -3.56. The van der Waals surface area contributed by atoms with E-state index >= 15 is 0 Å². The maximum Gasteiger partial charge on any atom is 0.241 e. The Morgan fingerprint density at radius 1 is 1.00 bits per heavy atom. The normalized spacial score (nSPS) is 13.0. The maximum absolute atomic E-state index is 12.8. The summed E-state index contributed by atoms with van der Waals surface area (Å²) in [5.41, 5.74) is 4.89. The molecule has 0 aliphatic rings. The van der Waals surface area contributed by atoms with E-state index in [-0.39, 0.29) is 6.04 Å². The van der Waals surface area contributed by atoms with Gasteiger partial charge in [-0.25, -0.2) is 13.1 Å². The van der Waals surface area contributed by atoms with Crippen molar-refractivity contribution in [1.82, 2.24) is 4.72 Å². The quantitative estimate of drug-likeness (QED) is 0.831. The third-order valence-electron chi connectivity index (χ3n) is 4.22. The van der Waals surface area contributed by atoms with E-state index in [2.05, 4.69) is 23.8 Å². The van der Waals surface area contributed by atoms with Gasteiger partial charge in [0, 0.05) is 6.04 Å². The Balaban J connectivity index is 2.25. The molecule has 0 aromatic heterocycles. The monoisotopic (exact) mass is 345 g/mol. The van der Waals surface area contributed by atoms with Crippen molar-refractivity contribution in [1.29, 1.82) is 0 Å². The van der Waals surface area contributed by atoms with Gasteiger partial charge in [0.25, 0.3) is 0 Å². The Morgan fingerprint density at radius 2 is 1.54 bits per heavy atom. The van der Waals surface area contributed by atoms with Crippen LogP contribution in [0, 0.1) is 20.8 Å². The SMILES string of the molecule is CCCc1ccc(C(C)NS(=O)(=O)c2c(C)cc(C)cc2C)cc1. The molecule has 130 valence electrons. The summed E-state index contributed by atoms with van der Waals surface area (Å²) in [5.74, 6) is 0. The molecule has 0 heterocycles. The Kier molecular flexibility index (Phi) is 5.83. The van der Waals surface area contributed by atoms with Gasteiger partial charge in [-0.05, 0) is 56.4 Å². The van der Waals surface area contributed by atoms with E-state index in [9.17, 15) is 8.42 Å². The molecule has 1 unspecified atom stereocenters. The van der Waals surface area contributed by atoms with Crippen LogP contribution in [-0.4, -0.2) is 8.42 Å². The first-order chi connectivity index (χ1) is 11.2. The second-order valence-corrected chi connectivity index (χ2v) is 8.21. The number of aryl methyl sites for hydroxylation is 4. The predicted octanol–water partition coefficient (Wildman–Crippen LogP) is 4.60. The third kappa shape index (κ3) is 4.25. The van der Waals surface area contributed by atoms with E-state index < -0.39 is 10.0 Å². The van der Waals surface area contributed by atoms with E-state index in [4.69, 9.17) is 0 Å². The molecule has 0 aliphatic carbocycles. The first-order valence-corrected chi connectivity index (χ1v) is 9.92. The standard InChI is InChI=1S/C20H27NO2S/c1-6-7-18-8-10-19(11-9-18)17(5)21-24(22,23)20-15(3)12-14(2)13-16(20)4/h8-13,17,21H,6-7H2,1-5H3. The van der Waals surface area contributed by atoms with Crippen LogP contribution in [0.3, 0.4) is 0 Å².